The molecular formula is C20H14BrN7O. The number of rotatable bonds is 3. The molecule has 1 aliphatic rings. The van der Waals surface area contributed by atoms with Crippen LogP contribution in [0.5, 0.6) is 0 Å². The zero-order valence-corrected chi connectivity index (χ0v) is 16.5. The first kappa shape index (κ1) is 17.5. The van der Waals surface area contributed by atoms with Gasteiger partial charge in [-0.05, 0) is 39.8 Å². The van der Waals surface area contributed by atoms with Gasteiger partial charge in [0.1, 0.15) is 11.7 Å². The van der Waals surface area contributed by atoms with Gasteiger partial charge in [0.15, 0.2) is 0 Å². The van der Waals surface area contributed by atoms with E-state index in [1.54, 1.807) is 4.68 Å². The highest BCUT2D eigenvalue weighted by Crippen LogP contribution is 2.38. The van der Waals surface area contributed by atoms with Gasteiger partial charge in [0, 0.05) is 10.0 Å². The number of nitrogens with zero attached hydrogens (tertiary/aromatic N) is 5. The molecule has 5 rings (SSSR count). The van der Waals surface area contributed by atoms with Crippen molar-refractivity contribution in [3.8, 4) is 0 Å². The molecule has 142 valence electrons. The number of H-pyrrole nitrogens is 1. The molecule has 2 aromatic carbocycles. The number of aromatic amines is 1. The summed E-state index contributed by atoms with van der Waals surface area (Å²) < 4.78 is 2.58. The lowest BCUT2D eigenvalue weighted by molar-refractivity contribution is 0.565. The Balaban J connectivity index is 1.72. The lowest BCUT2D eigenvalue weighted by Crippen LogP contribution is -2.29. The molecule has 4 aromatic rings. The van der Waals surface area contributed by atoms with E-state index in [9.17, 15) is 4.79 Å². The van der Waals surface area contributed by atoms with Gasteiger partial charge >= 0.3 is 0 Å². The van der Waals surface area contributed by atoms with E-state index >= 15 is 0 Å². The SMILES string of the molecule is O=c1[nH]nc(/C=C/c2ccccc2)c2c1Nc1nnnn1[C@H]2c1cccc(Br)c1. The van der Waals surface area contributed by atoms with Crippen LogP contribution in [-0.2, 0) is 0 Å². The van der Waals surface area contributed by atoms with Crippen molar-refractivity contribution in [3.05, 3.63) is 91.8 Å². The molecule has 0 spiro atoms. The van der Waals surface area contributed by atoms with Gasteiger partial charge in [-0.3, -0.25) is 4.79 Å². The fourth-order valence-corrected chi connectivity index (χ4v) is 3.83. The Kier molecular flexibility index (Phi) is 4.28. The topological polar surface area (TPSA) is 101 Å². The van der Waals surface area contributed by atoms with Crippen LogP contribution < -0.4 is 10.9 Å². The number of anilines is 2. The summed E-state index contributed by atoms with van der Waals surface area (Å²) in [6.45, 7) is 0. The van der Waals surface area contributed by atoms with Crippen LogP contribution in [0.4, 0.5) is 11.6 Å². The summed E-state index contributed by atoms with van der Waals surface area (Å²) in [6.07, 6.45) is 3.83. The summed E-state index contributed by atoms with van der Waals surface area (Å²) in [6, 6.07) is 17.3. The Hall–Kier alpha value is -3.59. The third-order valence-electron chi connectivity index (χ3n) is 4.70. The Labute approximate surface area is 173 Å². The predicted octanol–water partition coefficient (Wildman–Crippen LogP) is 3.38. The first-order valence-electron chi connectivity index (χ1n) is 8.87. The Morgan fingerprint density at radius 1 is 1.07 bits per heavy atom. The minimum atomic E-state index is -0.404. The molecular weight excluding hydrogens is 434 g/mol. The van der Waals surface area contributed by atoms with E-state index < -0.39 is 6.04 Å². The molecule has 0 aliphatic carbocycles. The smallest absolute Gasteiger partial charge is 0.288 e. The van der Waals surface area contributed by atoms with Gasteiger partial charge in [-0.2, -0.15) is 9.78 Å². The number of halogens is 1. The van der Waals surface area contributed by atoms with Crippen LogP contribution in [0.2, 0.25) is 0 Å². The van der Waals surface area contributed by atoms with Gasteiger partial charge in [-0.25, -0.2) is 5.10 Å². The molecule has 2 N–H and O–H groups in total. The van der Waals surface area contributed by atoms with Crippen molar-refractivity contribution in [3.63, 3.8) is 0 Å². The quantitative estimate of drug-likeness (QED) is 0.439. The number of hydrogen-bond acceptors (Lipinski definition) is 6. The third kappa shape index (κ3) is 3.15. The van der Waals surface area contributed by atoms with Crippen molar-refractivity contribution in [2.45, 2.75) is 6.04 Å². The Bertz CT molecular complexity index is 1280. The van der Waals surface area contributed by atoms with Gasteiger partial charge in [0.2, 0.25) is 5.95 Å². The van der Waals surface area contributed by atoms with Crippen LogP contribution in [0.15, 0.2) is 63.9 Å². The van der Waals surface area contributed by atoms with Crippen molar-refractivity contribution in [1.82, 2.24) is 30.4 Å². The number of fused-ring (bicyclic) bond motifs is 2. The zero-order chi connectivity index (χ0) is 19.8. The van der Waals surface area contributed by atoms with E-state index in [0.29, 0.717) is 22.9 Å². The van der Waals surface area contributed by atoms with Crippen molar-refractivity contribution in [2.75, 3.05) is 5.32 Å². The largest absolute Gasteiger partial charge is 0.318 e. The van der Waals surface area contributed by atoms with Crippen molar-refractivity contribution < 1.29 is 0 Å². The van der Waals surface area contributed by atoms with Gasteiger partial charge in [-0.1, -0.05) is 69.6 Å². The molecule has 0 radical (unpaired) electrons. The molecule has 0 saturated carbocycles. The van der Waals surface area contributed by atoms with Crippen molar-refractivity contribution in [1.29, 1.82) is 0 Å². The molecule has 9 heteroatoms. The number of tetrazole rings is 1. The number of hydrogen-bond donors (Lipinski definition) is 2. The molecule has 3 heterocycles. The second kappa shape index (κ2) is 7.10. The molecule has 0 amide bonds. The van der Waals surface area contributed by atoms with Crippen LogP contribution >= 0.6 is 15.9 Å². The van der Waals surface area contributed by atoms with Crippen molar-refractivity contribution >= 4 is 39.7 Å². The lowest BCUT2D eigenvalue weighted by Gasteiger charge is -2.27. The predicted molar refractivity (Wildman–Crippen MR) is 113 cm³/mol. The Morgan fingerprint density at radius 2 is 1.93 bits per heavy atom. The van der Waals surface area contributed by atoms with Gasteiger partial charge < -0.3 is 5.32 Å². The van der Waals surface area contributed by atoms with E-state index in [1.807, 2.05) is 66.7 Å². The van der Waals surface area contributed by atoms with Crippen molar-refractivity contribution in [2.24, 2.45) is 0 Å². The molecule has 0 bridgehead atoms. The summed E-state index contributed by atoms with van der Waals surface area (Å²) in [5, 5.41) is 21.8. The van der Waals surface area contributed by atoms with E-state index in [2.05, 4.69) is 47.0 Å². The molecule has 0 fully saturated rings. The second-order valence-electron chi connectivity index (χ2n) is 6.50. The summed E-state index contributed by atoms with van der Waals surface area (Å²) in [4.78, 5) is 12.6. The van der Waals surface area contributed by atoms with E-state index in [1.165, 1.54) is 0 Å². The van der Waals surface area contributed by atoms with Crippen LogP contribution in [0.3, 0.4) is 0 Å². The average Bonchev–Trinajstić information content (AvgIpc) is 3.21. The fraction of sp³-hybridized carbons (Fsp3) is 0.0500. The first-order chi connectivity index (χ1) is 14.2. The van der Waals surface area contributed by atoms with E-state index in [0.717, 1.165) is 15.6 Å². The Morgan fingerprint density at radius 3 is 2.76 bits per heavy atom. The summed E-state index contributed by atoms with van der Waals surface area (Å²) in [5.74, 6) is 0.400. The fourth-order valence-electron chi connectivity index (χ4n) is 3.41. The maximum atomic E-state index is 12.6. The van der Waals surface area contributed by atoms with Crippen LogP contribution in [-0.4, -0.2) is 30.4 Å². The first-order valence-corrected chi connectivity index (χ1v) is 9.66. The van der Waals surface area contributed by atoms with Gasteiger partial charge in [0.05, 0.1) is 5.69 Å². The van der Waals surface area contributed by atoms with E-state index in [4.69, 9.17) is 0 Å². The molecule has 1 atom stereocenters. The number of aromatic nitrogens is 6. The van der Waals surface area contributed by atoms with Gasteiger partial charge in [-0.15, -0.1) is 0 Å². The molecule has 1 aliphatic heterocycles. The number of nitrogens with one attached hydrogen (secondary N) is 2. The summed E-state index contributed by atoms with van der Waals surface area (Å²) in [5.41, 5.74) is 3.35. The summed E-state index contributed by atoms with van der Waals surface area (Å²) in [7, 11) is 0. The zero-order valence-electron chi connectivity index (χ0n) is 15.0. The van der Waals surface area contributed by atoms with Crippen LogP contribution in [0, 0.1) is 0 Å². The molecule has 2 aromatic heterocycles. The number of benzene rings is 2. The normalized spacial score (nSPS) is 15.0. The molecule has 0 unspecified atom stereocenters. The maximum Gasteiger partial charge on any atom is 0.288 e. The standard InChI is InChI=1S/C20H14BrN7O/c21-14-8-4-7-13(11-14)18-16-15(10-9-12-5-2-1-3-6-12)23-24-19(29)17(16)22-20-25-26-27-28(18)20/h1-11,18H,(H,24,29)(H,22,25,27)/b10-9+/t18-/m0/s1. The second-order valence-corrected chi connectivity index (χ2v) is 7.42. The van der Waals surface area contributed by atoms with Gasteiger partial charge in [0.25, 0.3) is 5.56 Å². The average molecular weight is 448 g/mol. The molecule has 0 saturated heterocycles. The highest BCUT2D eigenvalue weighted by molar-refractivity contribution is 9.10. The highest BCUT2D eigenvalue weighted by atomic mass is 79.9. The van der Waals surface area contributed by atoms with E-state index in [-0.39, 0.29) is 5.56 Å². The lowest BCUT2D eigenvalue weighted by atomic mass is 9.94. The minimum Gasteiger partial charge on any atom is -0.318 e. The summed E-state index contributed by atoms with van der Waals surface area (Å²) >= 11 is 3.52. The van der Waals surface area contributed by atoms with Crippen LogP contribution in [0.25, 0.3) is 12.2 Å². The minimum absolute atomic E-state index is 0.328. The molecule has 8 nitrogen and oxygen atoms in total. The highest BCUT2D eigenvalue weighted by Gasteiger charge is 2.33. The monoisotopic (exact) mass is 447 g/mol. The maximum absolute atomic E-state index is 12.6. The molecule has 29 heavy (non-hydrogen) atoms. The third-order valence-corrected chi connectivity index (χ3v) is 5.19. The van der Waals surface area contributed by atoms with Crippen LogP contribution in [0.1, 0.15) is 28.4 Å².